The van der Waals surface area contributed by atoms with Crippen molar-refractivity contribution in [3.8, 4) is 6.07 Å². The summed E-state index contributed by atoms with van der Waals surface area (Å²) >= 11 is 0. The molecule has 53 heavy (non-hydrogen) atoms. The highest BCUT2D eigenvalue weighted by molar-refractivity contribution is 6.26. The summed E-state index contributed by atoms with van der Waals surface area (Å²) in [6, 6.07) is 20.0. The summed E-state index contributed by atoms with van der Waals surface area (Å²) in [4.78, 5) is 80.3. The van der Waals surface area contributed by atoms with Gasteiger partial charge in [0.15, 0.2) is 0 Å². The second kappa shape index (κ2) is 16.7. The van der Waals surface area contributed by atoms with Crippen molar-refractivity contribution in [3.05, 3.63) is 89.6 Å². The van der Waals surface area contributed by atoms with Crippen molar-refractivity contribution in [2.75, 3.05) is 55.6 Å². The molecule has 0 bridgehead atoms. The van der Waals surface area contributed by atoms with Crippen LogP contribution in [0.1, 0.15) is 39.1 Å². The van der Waals surface area contributed by atoms with Crippen LogP contribution in [0.25, 0.3) is 10.9 Å². The van der Waals surface area contributed by atoms with Crippen molar-refractivity contribution in [1.82, 2.24) is 15.2 Å². The molecule has 1 aromatic heterocycles. The zero-order chi connectivity index (χ0) is 37.3. The lowest BCUT2D eigenvalue weighted by molar-refractivity contribution is -0.136. The van der Waals surface area contributed by atoms with Gasteiger partial charge in [-0.15, -0.1) is 0 Å². The van der Waals surface area contributed by atoms with E-state index in [0.717, 1.165) is 10.6 Å². The number of para-hydroxylation sites is 1. The molecule has 16 nitrogen and oxygen atoms in total. The first-order valence-electron chi connectivity index (χ1n) is 16.6. The number of piperidine rings is 1. The first-order chi connectivity index (χ1) is 25.7. The van der Waals surface area contributed by atoms with Crippen molar-refractivity contribution in [3.63, 3.8) is 0 Å². The van der Waals surface area contributed by atoms with Gasteiger partial charge in [-0.05, 0) is 48.9 Å². The number of amides is 6. The molecule has 0 saturated carbocycles. The van der Waals surface area contributed by atoms with E-state index in [0.29, 0.717) is 27.8 Å². The Bertz CT molecular complexity index is 2130. The average Bonchev–Trinajstić information content (AvgIpc) is 3.40. The van der Waals surface area contributed by atoms with Gasteiger partial charge in [-0.25, -0.2) is 0 Å². The molecule has 2 aliphatic heterocycles. The van der Waals surface area contributed by atoms with Gasteiger partial charge in [0.05, 0.1) is 60.0 Å². The topological polar surface area (TPSA) is 218 Å². The summed E-state index contributed by atoms with van der Waals surface area (Å²) in [5.74, 6) is -3.59. The van der Waals surface area contributed by atoms with Gasteiger partial charge in [0.2, 0.25) is 23.6 Å². The van der Waals surface area contributed by atoms with Gasteiger partial charge < -0.3 is 30.2 Å². The molecule has 4 aromatic rings. The zero-order valence-electron chi connectivity index (χ0n) is 28.2. The molecule has 3 heterocycles. The van der Waals surface area contributed by atoms with Crippen molar-refractivity contribution in [2.45, 2.75) is 18.9 Å². The third-order valence-corrected chi connectivity index (χ3v) is 8.27. The number of anilines is 4. The van der Waals surface area contributed by atoms with Gasteiger partial charge in [-0.2, -0.15) is 5.26 Å². The molecular formula is C37H33N7O9. The Labute approximate surface area is 302 Å². The molecule has 1 saturated heterocycles. The summed E-state index contributed by atoms with van der Waals surface area (Å²) < 4.78 is 16.2. The highest BCUT2D eigenvalue weighted by Gasteiger charge is 2.45. The fourth-order valence-corrected chi connectivity index (χ4v) is 5.83. The number of hydrogen-bond acceptors (Lipinski definition) is 12. The molecule has 16 heteroatoms. The summed E-state index contributed by atoms with van der Waals surface area (Å²) in [7, 11) is 0. The van der Waals surface area contributed by atoms with Crippen LogP contribution in [0.15, 0.2) is 72.9 Å². The maximum Gasteiger partial charge on any atom is 0.264 e. The van der Waals surface area contributed by atoms with E-state index in [1.54, 1.807) is 18.2 Å². The predicted molar refractivity (Wildman–Crippen MR) is 189 cm³/mol. The minimum Gasteiger partial charge on any atom is -0.377 e. The lowest BCUT2D eigenvalue weighted by Gasteiger charge is -2.27. The number of nitrogens with one attached hydrogen (secondary N) is 4. The minimum atomic E-state index is -1.12. The molecule has 2 aliphatic rings. The molecule has 6 amide bonds. The fourth-order valence-electron chi connectivity index (χ4n) is 5.83. The van der Waals surface area contributed by atoms with Crippen molar-refractivity contribution in [2.24, 2.45) is 0 Å². The second-order valence-corrected chi connectivity index (χ2v) is 11.9. The molecule has 0 radical (unpaired) electrons. The van der Waals surface area contributed by atoms with Crippen LogP contribution >= 0.6 is 0 Å². The van der Waals surface area contributed by atoms with Crippen molar-refractivity contribution in [1.29, 1.82) is 5.26 Å². The minimum absolute atomic E-state index is 0.00789. The number of carbonyl (C=O) groups excluding carboxylic acids is 6. The van der Waals surface area contributed by atoms with E-state index >= 15 is 0 Å². The van der Waals surface area contributed by atoms with E-state index in [1.165, 1.54) is 24.4 Å². The maximum absolute atomic E-state index is 13.2. The molecule has 3 aromatic carbocycles. The van der Waals surface area contributed by atoms with Gasteiger partial charge in [0.25, 0.3) is 11.8 Å². The Morgan fingerprint density at radius 2 is 1.57 bits per heavy atom. The van der Waals surface area contributed by atoms with Crippen LogP contribution < -0.4 is 21.3 Å². The standard InChI is InChI=1S/C37H33N7O9/c38-18-22-19-39-27-10-9-24(17-26(27)34(22)41-23-5-2-1-3-6-23)40-31(46)20-52-15-13-51-14-16-53-21-32(47)42-28-8-4-7-25-33(28)37(50)44(36(25)49)29-11-12-30(45)43-35(29)48/h1-10,17,19,29H,11-16,20-21H2,(H,39,41)(H,40,46)(H,42,47)(H,43,45,48). The smallest absolute Gasteiger partial charge is 0.264 e. The van der Waals surface area contributed by atoms with Crippen LogP contribution in [-0.2, 0) is 33.4 Å². The summed E-state index contributed by atoms with van der Waals surface area (Å²) in [5.41, 5.74) is 2.97. The van der Waals surface area contributed by atoms with Crippen LogP contribution in [0.5, 0.6) is 0 Å². The molecule has 1 fully saturated rings. The van der Waals surface area contributed by atoms with E-state index in [9.17, 15) is 34.0 Å². The van der Waals surface area contributed by atoms with Gasteiger partial charge in [0, 0.05) is 29.4 Å². The van der Waals surface area contributed by atoms with E-state index in [1.807, 2.05) is 30.3 Å². The number of hydrogen-bond donors (Lipinski definition) is 4. The lowest BCUT2D eigenvalue weighted by atomic mass is 10.0. The highest BCUT2D eigenvalue weighted by atomic mass is 16.5. The number of ether oxygens (including phenoxy) is 3. The first-order valence-corrected chi connectivity index (χ1v) is 16.6. The summed E-state index contributed by atoms with van der Waals surface area (Å²) in [6.45, 7) is -0.124. The van der Waals surface area contributed by atoms with E-state index in [4.69, 9.17) is 14.2 Å². The van der Waals surface area contributed by atoms with Crippen LogP contribution in [0, 0.1) is 11.3 Å². The number of pyridine rings is 1. The summed E-state index contributed by atoms with van der Waals surface area (Å²) in [5, 5.41) is 21.1. The van der Waals surface area contributed by atoms with Gasteiger partial charge in [-0.3, -0.25) is 44.0 Å². The largest absolute Gasteiger partial charge is 0.377 e. The number of rotatable bonds is 15. The SMILES string of the molecule is N#Cc1cnc2ccc(NC(=O)COCCOCCOCC(=O)Nc3cccc4c3C(=O)N(C3CCC(=O)NC3=O)C4=O)cc2c1Nc1ccccc1. The van der Waals surface area contributed by atoms with Gasteiger partial charge in [-0.1, -0.05) is 24.3 Å². The normalized spacial score (nSPS) is 15.2. The number of carbonyl (C=O) groups is 6. The summed E-state index contributed by atoms with van der Waals surface area (Å²) in [6.07, 6.45) is 1.51. The Morgan fingerprint density at radius 1 is 0.849 bits per heavy atom. The zero-order valence-corrected chi connectivity index (χ0v) is 28.2. The Kier molecular flexibility index (Phi) is 11.4. The van der Waals surface area contributed by atoms with Crippen LogP contribution in [0.3, 0.4) is 0 Å². The molecule has 0 aliphatic carbocycles. The van der Waals surface area contributed by atoms with Crippen LogP contribution in [0.4, 0.5) is 22.7 Å². The predicted octanol–water partition coefficient (Wildman–Crippen LogP) is 2.88. The number of nitrogens with zero attached hydrogens (tertiary/aromatic N) is 3. The third-order valence-electron chi connectivity index (χ3n) is 8.27. The van der Waals surface area contributed by atoms with E-state index in [2.05, 4.69) is 32.3 Å². The van der Waals surface area contributed by atoms with E-state index in [-0.39, 0.29) is 75.2 Å². The van der Waals surface area contributed by atoms with Crippen molar-refractivity contribution >= 4 is 69.1 Å². The molecule has 270 valence electrons. The fraction of sp³-hybridized carbons (Fsp3) is 0.243. The second-order valence-electron chi connectivity index (χ2n) is 11.9. The van der Waals surface area contributed by atoms with Crippen molar-refractivity contribution < 1.29 is 43.0 Å². The number of fused-ring (bicyclic) bond motifs is 2. The Morgan fingerprint density at radius 3 is 2.28 bits per heavy atom. The monoisotopic (exact) mass is 719 g/mol. The van der Waals surface area contributed by atoms with Crippen LogP contribution in [-0.4, -0.2) is 91.0 Å². The quantitative estimate of drug-likeness (QED) is 0.103. The molecule has 6 rings (SSSR count). The lowest BCUT2D eigenvalue weighted by Crippen LogP contribution is -2.54. The molecule has 4 N–H and O–H groups in total. The molecule has 0 spiro atoms. The molecule has 1 unspecified atom stereocenters. The van der Waals surface area contributed by atoms with Gasteiger partial charge in [0.1, 0.15) is 25.3 Å². The number of aromatic nitrogens is 1. The van der Waals surface area contributed by atoms with Gasteiger partial charge >= 0.3 is 0 Å². The maximum atomic E-state index is 13.2. The molecular weight excluding hydrogens is 686 g/mol. The average molecular weight is 720 g/mol. The number of benzene rings is 3. The number of nitriles is 1. The Hall–Kier alpha value is -6.54. The first kappa shape index (κ1) is 36.3. The highest BCUT2D eigenvalue weighted by Crippen LogP contribution is 2.33. The van der Waals surface area contributed by atoms with E-state index < -0.39 is 35.6 Å². The molecule has 1 atom stereocenters. The number of imide groups is 2. The third kappa shape index (κ3) is 8.51. The van der Waals surface area contributed by atoms with Crippen LogP contribution in [0.2, 0.25) is 0 Å². The Balaban J connectivity index is 0.890.